The second kappa shape index (κ2) is 4.71. The molecule has 0 amide bonds. The first-order chi connectivity index (χ1) is 7.27. The molecule has 3 heteroatoms. The minimum atomic E-state index is -1.73. The minimum absolute atomic E-state index is 0.563. The Kier molecular flexibility index (Phi) is 2.90. The number of ether oxygens (including phenoxy) is 1. The molecule has 0 saturated heterocycles. The number of aryl methyl sites for hydroxylation is 2. The van der Waals surface area contributed by atoms with Crippen molar-refractivity contribution < 1.29 is 12.0 Å². The number of hydrogen-bond donors (Lipinski definition) is 0. The first kappa shape index (κ1) is 8.62. The fourth-order valence-corrected chi connectivity index (χ4v) is 2.33. The fraction of sp³-hybridized carbons (Fsp3) is 0.455. The van der Waals surface area contributed by atoms with E-state index < -0.39 is 16.9 Å². The van der Waals surface area contributed by atoms with Crippen LogP contribution in [0.3, 0.4) is 0 Å². The largest absolute Gasteiger partial charge is 0.611 e. The first-order valence-corrected chi connectivity index (χ1v) is 5.49. The van der Waals surface area contributed by atoms with Crippen molar-refractivity contribution in [1.29, 1.82) is 0 Å². The fourth-order valence-electron chi connectivity index (χ4n) is 1.42. The highest BCUT2D eigenvalue weighted by atomic mass is 32.2. The highest BCUT2D eigenvalue weighted by Gasteiger charge is 2.16. The summed E-state index contributed by atoms with van der Waals surface area (Å²) in [5.74, 6) is 0.701. The van der Waals surface area contributed by atoms with Crippen LogP contribution in [0.5, 0.6) is 5.75 Å². The summed E-state index contributed by atoms with van der Waals surface area (Å²) in [6, 6.07) is 3.54. The molecule has 0 saturated carbocycles. The average molecular weight is 214 g/mol. The molecule has 0 aliphatic rings. The van der Waals surface area contributed by atoms with Gasteiger partial charge in [0.2, 0.25) is 0 Å². The Balaban J connectivity index is 3.25. The van der Waals surface area contributed by atoms with Crippen molar-refractivity contribution >= 4 is 11.2 Å². The van der Waals surface area contributed by atoms with E-state index >= 15 is 0 Å². The van der Waals surface area contributed by atoms with Crippen LogP contribution in [0.1, 0.15) is 20.8 Å². The molecule has 1 aromatic carbocycles. The zero-order valence-corrected chi connectivity index (χ0v) is 9.70. The maximum absolute atomic E-state index is 12.0. The zero-order valence-electron chi connectivity index (χ0n) is 10.9. The summed E-state index contributed by atoms with van der Waals surface area (Å²) in [4.78, 5) is 0.563. The molecule has 2 unspecified atom stereocenters. The molecular formula is C11H16O2S. The van der Waals surface area contributed by atoms with Gasteiger partial charge in [0.05, 0.1) is 9.85 Å². The van der Waals surface area contributed by atoms with Gasteiger partial charge in [-0.1, -0.05) is 0 Å². The van der Waals surface area contributed by atoms with Gasteiger partial charge in [-0.05, 0) is 44.1 Å². The monoisotopic (exact) mass is 214 g/mol. The Morgan fingerprint density at radius 3 is 2.43 bits per heavy atom. The Labute approximate surface area is 91.3 Å². The van der Waals surface area contributed by atoms with Crippen molar-refractivity contribution in [3.05, 3.63) is 23.3 Å². The Morgan fingerprint density at radius 1 is 1.57 bits per heavy atom. The van der Waals surface area contributed by atoms with Gasteiger partial charge in [0.25, 0.3) is 0 Å². The summed E-state index contributed by atoms with van der Waals surface area (Å²) in [6.45, 7) is 4.95. The first-order valence-electron chi connectivity index (χ1n) is 5.34. The van der Waals surface area contributed by atoms with Crippen LogP contribution in [0.25, 0.3) is 0 Å². The molecule has 2 nitrogen and oxygen atoms in total. The number of hydrogen-bond acceptors (Lipinski definition) is 2. The molecule has 78 valence electrons. The molecule has 0 aliphatic heterocycles. The summed E-state index contributed by atoms with van der Waals surface area (Å²) in [5, 5.41) is 0. The quantitative estimate of drug-likeness (QED) is 0.572. The van der Waals surface area contributed by atoms with Crippen LogP contribution in [0.15, 0.2) is 17.0 Å². The van der Waals surface area contributed by atoms with Crippen LogP contribution < -0.4 is 4.74 Å². The summed E-state index contributed by atoms with van der Waals surface area (Å²) >= 11 is -1.66. The van der Waals surface area contributed by atoms with Gasteiger partial charge in [-0.3, -0.25) is 0 Å². The van der Waals surface area contributed by atoms with Gasteiger partial charge in [0.15, 0.2) is 4.90 Å². The Bertz CT molecular complexity index is 365. The van der Waals surface area contributed by atoms with E-state index in [-0.39, 0.29) is 0 Å². The van der Waals surface area contributed by atoms with E-state index in [1.807, 2.05) is 13.8 Å². The summed E-state index contributed by atoms with van der Waals surface area (Å²) in [7, 11) is 1.57. The molecule has 1 aromatic rings. The normalized spacial score (nSPS) is 19.2. The predicted molar refractivity (Wildman–Crippen MR) is 59.4 cm³/mol. The standard InChI is InChI=1S/C11H16O2S/c1-5-14(12)11-8(2)6-10(13-4)7-9(11)3/h6-7H,5H2,1-4H3/i5+1DH. The van der Waals surface area contributed by atoms with E-state index in [0.29, 0.717) is 10.6 Å². The molecule has 1 rings (SSSR count). The SMILES string of the molecule is [1H][13C]([2H])(C)[S+]([O-])c1c(C)cc(OC)cc1C. The Morgan fingerprint density at radius 2 is 2.07 bits per heavy atom. The van der Waals surface area contributed by atoms with E-state index in [1.165, 1.54) is 6.92 Å². The van der Waals surface area contributed by atoms with Gasteiger partial charge in [0, 0.05) is 11.1 Å². The maximum atomic E-state index is 12.0. The molecule has 0 N–H and O–H groups in total. The molecule has 0 spiro atoms. The molecular weight excluding hydrogens is 197 g/mol. The van der Waals surface area contributed by atoms with Crippen LogP contribution in [-0.4, -0.2) is 17.4 Å². The lowest BCUT2D eigenvalue weighted by Crippen LogP contribution is -2.08. The molecule has 14 heavy (non-hydrogen) atoms. The van der Waals surface area contributed by atoms with Crippen molar-refractivity contribution in [2.75, 3.05) is 12.8 Å². The third-order valence-electron chi connectivity index (χ3n) is 2.04. The van der Waals surface area contributed by atoms with Crippen LogP contribution in [0.4, 0.5) is 0 Å². The number of benzene rings is 1. The van der Waals surface area contributed by atoms with E-state index in [2.05, 4.69) is 0 Å². The van der Waals surface area contributed by atoms with Crippen molar-refractivity contribution in [3.8, 4) is 5.75 Å². The van der Waals surface area contributed by atoms with E-state index in [9.17, 15) is 4.55 Å². The van der Waals surface area contributed by atoms with Crippen LogP contribution in [-0.2, 0) is 11.2 Å². The average Bonchev–Trinajstić information content (AvgIpc) is 2.14. The van der Waals surface area contributed by atoms with Crippen LogP contribution >= 0.6 is 0 Å². The second-order valence-corrected chi connectivity index (χ2v) is 4.42. The topological polar surface area (TPSA) is 32.3 Å². The number of methoxy groups -OCH3 is 1. The molecule has 0 aromatic heterocycles. The van der Waals surface area contributed by atoms with Crippen LogP contribution in [0, 0.1) is 13.8 Å². The van der Waals surface area contributed by atoms with Crippen molar-refractivity contribution in [2.24, 2.45) is 0 Å². The smallest absolute Gasteiger partial charge is 0.158 e. The van der Waals surface area contributed by atoms with Gasteiger partial charge in [-0.25, -0.2) is 0 Å². The Hall–Kier alpha value is -0.670. The van der Waals surface area contributed by atoms with Gasteiger partial charge < -0.3 is 9.29 Å². The van der Waals surface area contributed by atoms with Gasteiger partial charge in [-0.2, -0.15) is 0 Å². The maximum Gasteiger partial charge on any atom is 0.158 e. The van der Waals surface area contributed by atoms with Gasteiger partial charge in [-0.15, -0.1) is 0 Å². The van der Waals surface area contributed by atoms with E-state index in [1.54, 1.807) is 19.2 Å². The molecule has 0 aliphatic carbocycles. The minimum Gasteiger partial charge on any atom is -0.611 e. The second-order valence-electron chi connectivity index (χ2n) is 3.06. The lowest BCUT2D eigenvalue weighted by atomic mass is 10.1. The van der Waals surface area contributed by atoms with Gasteiger partial charge >= 0.3 is 0 Å². The van der Waals surface area contributed by atoms with Crippen molar-refractivity contribution in [1.82, 2.24) is 0 Å². The lowest BCUT2D eigenvalue weighted by Gasteiger charge is -2.14. The molecule has 0 bridgehead atoms. The lowest BCUT2D eigenvalue weighted by molar-refractivity contribution is 0.413. The summed E-state index contributed by atoms with van der Waals surface area (Å²) in [5.41, 5.74) is -0.147. The van der Waals surface area contributed by atoms with E-state index in [0.717, 1.165) is 11.1 Å². The van der Waals surface area contributed by atoms with Gasteiger partial charge in [0.1, 0.15) is 11.5 Å². The highest BCUT2D eigenvalue weighted by Crippen LogP contribution is 2.26. The molecule has 2 atom stereocenters. The zero-order chi connectivity index (χ0) is 12.5. The number of rotatable bonds is 3. The van der Waals surface area contributed by atoms with E-state index in [4.69, 9.17) is 7.48 Å². The van der Waals surface area contributed by atoms with Crippen molar-refractivity contribution in [3.63, 3.8) is 0 Å². The predicted octanol–water partition coefficient (Wildman–Crippen LogP) is 2.44. The third kappa shape index (κ3) is 2.22. The van der Waals surface area contributed by atoms with Crippen molar-refractivity contribution in [2.45, 2.75) is 25.7 Å². The summed E-state index contributed by atoms with van der Waals surface area (Å²) in [6.07, 6.45) is 0. The molecule has 0 fully saturated rings. The van der Waals surface area contributed by atoms with Crippen LogP contribution in [0.2, 0.25) is 0 Å². The molecule has 0 radical (unpaired) electrons. The highest BCUT2D eigenvalue weighted by molar-refractivity contribution is 7.91. The summed E-state index contributed by atoms with van der Waals surface area (Å²) < 4.78 is 32.1. The third-order valence-corrected chi connectivity index (χ3v) is 3.43. The molecule has 0 heterocycles.